The highest BCUT2D eigenvalue weighted by Crippen LogP contribution is 2.17. The van der Waals surface area contributed by atoms with Crippen LogP contribution in [0.3, 0.4) is 0 Å². The van der Waals surface area contributed by atoms with Gasteiger partial charge in [0.15, 0.2) is 5.57 Å². The molecule has 0 fully saturated rings. The summed E-state index contributed by atoms with van der Waals surface area (Å²) in [6.07, 6.45) is 0. The molecule has 0 heterocycles. The van der Waals surface area contributed by atoms with E-state index in [2.05, 4.69) is 10.6 Å². The van der Waals surface area contributed by atoms with Gasteiger partial charge in [-0.05, 0) is 38.1 Å². The fraction of sp³-hybridized carbons (Fsp3) is 0.111. The van der Waals surface area contributed by atoms with Crippen molar-refractivity contribution in [1.82, 2.24) is 0 Å². The van der Waals surface area contributed by atoms with Crippen molar-refractivity contribution in [3.63, 3.8) is 0 Å². The zero-order valence-corrected chi connectivity index (χ0v) is 12.9. The molecular weight excluding hydrogens is 290 g/mol. The number of rotatable bonds is 5. The number of anilines is 2. The molecule has 5 heteroatoms. The van der Waals surface area contributed by atoms with Crippen LogP contribution in [-0.2, 0) is 4.79 Å². The van der Waals surface area contributed by atoms with Crippen LogP contribution in [0, 0.1) is 25.2 Å². The lowest BCUT2D eigenvalue weighted by Crippen LogP contribution is -2.16. The number of hydrogen-bond acceptors (Lipinski definition) is 4. The zero-order chi connectivity index (χ0) is 16.8. The van der Waals surface area contributed by atoms with E-state index in [1.165, 1.54) is 0 Å². The number of aliphatic carboxylic acids is 1. The van der Waals surface area contributed by atoms with Gasteiger partial charge in [-0.15, -0.1) is 0 Å². The van der Waals surface area contributed by atoms with E-state index < -0.39 is 5.97 Å². The molecule has 0 saturated heterocycles. The van der Waals surface area contributed by atoms with E-state index in [9.17, 15) is 9.90 Å². The van der Waals surface area contributed by atoms with Crippen molar-refractivity contribution in [2.45, 2.75) is 13.8 Å². The van der Waals surface area contributed by atoms with E-state index in [0.717, 1.165) is 11.1 Å². The SMILES string of the molecule is Cc1ccc(NC(Nc2ccc(C)cc2)=C(C#N)C(=O)O)cc1. The Hall–Kier alpha value is -3.26. The molecule has 0 amide bonds. The lowest BCUT2D eigenvalue weighted by atomic mass is 10.2. The van der Waals surface area contributed by atoms with E-state index >= 15 is 0 Å². The summed E-state index contributed by atoms with van der Waals surface area (Å²) in [5.41, 5.74) is 3.18. The molecule has 23 heavy (non-hydrogen) atoms. The number of nitriles is 1. The van der Waals surface area contributed by atoms with Gasteiger partial charge in [0.25, 0.3) is 0 Å². The standard InChI is InChI=1S/C18H17N3O2/c1-12-3-7-14(8-4-12)20-17(16(11-19)18(22)23)21-15-9-5-13(2)6-10-15/h3-10,20-21H,1-2H3,(H,22,23). The fourth-order valence-corrected chi connectivity index (χ4v) is 1.93. The Morgan fingerprint density at radius 1 is 0.913 bits per heavy atom. The van der Waals surface area contributed by atoms with Crippen LogP contribution in [0.5, 0.6) is 0 Å². The number of carbonyl (C=O) groups is 1. The summed E-state index contributed by atoms with van der Waals surface area (Å²) < 4.78 is 0. The molecule has 2 rings (SSSR count). The number of nitrogens with one attached hydrogen (secondary N) is 2. The predicted molar refractivity (Wildman–Crippen MR) is 89.9 cm³/mol. The predicted octanol–water partition coefficient (Wildman–Crippen LogP) is 3.65. The van der Waals surface area contributed by atoms with Crippen LogP contribution in [0.2, 0.25) is 0 Å². The van der Waals surface area contributed by atoms with Crippen LogP contribution in [0.25, 0.3) is 0 Å². The Kier molecular flexibility index (Phi) is 5.00. The number of carboxylic acids is 1. The van der Waals surface area contributed by atoms with Gasteiger partial charge in [0.2, 0.25) is 0 Å². The van der Waals surface area contributed by atoms with Crippen molar-refractivity contribution >= 4 is 17.3 Å². The summed E-state index contributed by atoms with van der Waals surface area (Å²) in [6.45, 7) is 3.92. The molecule has 0 bridgehead atoms. The van der Waals surface area contributed by atoms with E-state index in [-0.39, 0.29) is 11.4 Å². The minimum atomic E-state index is -1.29. The summed E-state index contributed by atoms with van der Waals surface area (Å²) in [7, 11) is 0. The molecule has 0 aliphatic heterocycles. The molecule has 0 aliphatic carbocycles. The molecule has 0 radical (unpaired) electrons. The average molecular weight is 307 g/mol. The molecule has 116 valence electrons. The Balaban J connectivity index is 2.36. The molecule has 3 N–H and O–H groups in total. The maximum absolute atomic E-state index is 11.3. The van der Waals surface area contributed by atoms with Gasteiger partial charge in [-0.1, -0.05) is 35.4 Å². The molecule has 0 spiro atoms. The number of aryl methyl sites for hydroxylation is 2. The first-order valence-corrected chi connectivity index (χ1v) is 7.04. The molecule has 0 saturated carbocycles. The average Bonchev–Trinajstić information content (AvgIpc) is 2.52. The van der Waals surface area contributed by atoms with Gasteiger partial charge < -0.3 is 15.7 Å². The molecule has 5 nitrogen and oxygen atoms in total. The first-order chi connectivity index (χ1) is 11.0. The van der Waals surface area contributed by atoms with E-state index in [1.807, 2.05) is 62.4 Å². The van der Waals surface area contributed by atoms with Crippen LogP contribution < -0.4 is 10.6 Å². The smallest absolute Gasteiger partial charge is 0.350 e. The van der Waals surface area contributed by atoms with Crippen LogP contribution in [-0.4, -0.2) is 11.1 Å². The second-order valence-electron chi connectivity index (χ2n) is 5.15. The monoisotopic (exact) mass is 307 g/mol. The van der Waals surface area contributed by atoms with E-state index in [1.54, 1.807) is 6.07 Å². The second kappa shape index (κ2) is 7.14. The summed E-state index contributed by atoms with van der Waals surface area (Å²) >= 11 is 0. The summed E-state index contributed by atoms with van der Waals surface area (Å²) in [5.74, 6) is -1.16. The Bertz CT molecular complexity index is 720. The van der Waals surface area contributed by atoms with Gasteiger partial charge in [0.05, 0.1) is 0 Å². The highest BCUT2D eigenvalue weighted by Gasteiger charge is 2.15. The minimum Gasteiger partial charge on any atom is -0.477 e. The largest absolute Gasteiger partial charge is 0.477 e. The van der Waals surface area contributed by atoms with Crippen LogP contribution >= 0.6 is 0 Å². The first-order valence-electron chi connectivity index (χ1n) is 7.04. The van der Waals surface area contributed by atoms with Crippen molar-refractivity contribution in [2.75, 3.05) is 10.6 Å². The molecule has 0 atom stereocenters. The van der Waals surface area contributed by atoms with Gasteiger partial charge >= 0.3 is 5.97 Å². The van der Waals surface area contributed by atoms with Crippen molar-refractivity contribution in [3.05, 3.63) is 71.1 Å². The lowest BCUT2D eigenvalue weighted by Gasteiger charge is -2.15. The minimum absolute atomic E-state index is 0.132. The third-order valence-corrected chi connectivity index (χ3v) is 3.22. The number of nitrogens with zero attached hydrogens (tertiary/aromatic N) is 1. The van der Waals surface area contributed by atoms with Crippen LogP contribution in [0.4, 0.5) is 11.4 Å². The van der Waals surface area contributed by atoms with Crippen molar-refractivity contribution in [2.24, 2.45) is 0 Å². The van der Waals surface area contributed by atoms with Gasteiger partial charge in [0.1, 0.15) is 11.9 Å². The topological polar surface area (TPSA) is 85.1 Å². The molecular formula is C18H17N3O2. The van der Waals surface area contributed by atoms with Crippen LogP contribution in [0.1, 0.15) is 11.1 Å². The van der Waals surface area contributed by atoms with Gasteiger partial charge in [-0.3, -0.25) is 0 Å². The summed E-state index contributed by atoms with van der Waals surface area (Å²) in [5, 5.41) is 24.3. The van der Waals surface area contributed by atoms with Crippen molar-refractivity contribution in [3.8, 4) is 6.07 Å². The number of hydrogen-bond donors (Lipinski definition) is 3. The van der Waals surface area contributed by atoms with Crippen molar-refractivity contribution in [1.29, 1.82) is 5.26 Å². The third-order valence-electron chi connectivity index (χ3n) is 3.22. The normalized spacial score (nSPS) is 9.61. The molecule has 0 unspecified atom stereocenters. The fourth-order valence-electron chi connectivity index (χ4n) is 1.93. The van der Waals surface area contributed by atoms with Gasteiger partial charge in [-0.25, -0.2) is 4.79 Å². The second-order valence-corrected chi connectivity index (χ2v) is 5.15. The Morgan fingerprint density at radius 2 is 1.30 bits per heavy atom. The van der Waals surface area contributed by atoms with E-state index in [0.29, 0.717) is 11.4 Å². The van der Waals surface area contributed by atoms with E-state index in [4.69, 9.17) is 5.26 Å². The summed E-state index contributed by atoms with van der Waals surface area (Å²) in [4.78, 5) is 11.3. The molecule has 2 aromatic rings. The quantitative estimate of drug-likeness (QED) is 0.580. The Labute approximate surface area is 134 Å². The lowest BCUT2D eigenvalue weighted by molar-refractivity contribution is -0.132. The maximum Gasteiger partial charge on any atom is 0.350 e. The number of carboxylic acid groups (broad SMARTS) is 1. The molecule has 2 aromatic carbocycles. The van der Waals surface area contributed by atoms with Gasteiger partial charge in [-0.2, -0.15) is 5.26 Å². The van der Waals surface area contributed by atoms with Gasteiger partial charge in [0, 0.05) is 11.4 Å². The number of benzene rings is 2. The third kappa shape index (κ3) is 4.35. The Morgan fingerprint density at radius 3 is 1.61 bits per heavy atom. The van der Waals surface area contributed by atoms with Crippen LogP contribution in [0.15, 0.2) is 59.9 Å². The summed E-state index contributed by atoms with van der Waals surface area (Å²) in [6, 6.07) is 16.6. The molecule has 0 aromatic heterocycles. The zero-order valence-electron chi connectivity index (χ0n) is 12.9. The maximum atomic E-state index is 11.3. The first kappa shape index (κ1) is 16.1. The van der Waals surface area contributed by atoms with Crippen molar-refractivity contribution < 1.29 is 9.90 Å². The highest BCUT2D eigenvalue weighted by molar-refractivity contribution is 5.93. The highest BCUT2D eigenvalue weighted by atomic mass is 16.4. The molecule has 0 aliphatic rings.